The van der Waals surface area contributed by atoms with Gasteiger partial charge in [-0.1, -0.05) is 18.6 Å². The molecule has 1 aliphatic carbocycles. The van der Waals surface area contributed by atoms with Gasteiger partial charge in [0.15, 0.2) is 5.65 Å². The molecule has 2 aromatic heterocycles. The fraction of sp³-hybridized carbons (Fsp3) is 0.368. The van der Waals surface area contributed by atoms with Crippen LogP contribution < -0.4 is 9.47 Å². The van der Waals surface area contributed by atoms with Gasteiger partial charge in [-0.2, -0.15) is 0 Å². The van der Waals surface area contributed by atoms with Crippen LogP contribution in [0.1, 0.15) is 32.1 Å². The molecule has 2 heterocycles. The van der Waals surface area contributed by atoms with E-state index >= 15 is 0 Å². The molecule has 1 aromatic carbocycles. The molecule has 3 aromatic rings. The summed E-state index contributed by atoms with van der Waals surface area (Å²) in [7, 11) is 0. The summed E-state index contributed by atoms with van der Waals surface area (Å²) in [5.74, 6) is 0.195. The minimum Gasteiger partial charge on any atom is -0.473 e. The highest BCUT2D eigenvalue weighted by atomic mass is 19.4. The Kier molecular flexibility index (Phi) is 4.63. The van der Waals surface area contributed by atoms with Crippen LogP contribution in [0.2, 0.25) is 0 Å². The van der Waals surface area contributed by atoms with Crippen molar-refractivity contribution in [2.45, 2.75) is 44.6 Å². The molecule has 1 saturated carbocycles. The van der Waals surface area contributed by atoms with Crippen LogP contribution in [0.15, 0.2) is 42.6 Å². The first-order valence-corrected chi connectivity index (χ1v) is 8.85. The van der Waals surface area contributed by atoms with Crippen LogP contribution >= 0.6 is 0 Å². The zero-order valence-corrected chi connectivity index (χ0v) is 14.4. The lowest BCUT2D eigenvalue weighted by atomic mass is 9.98. The number of benzene rings is 1. The van der Waals surface area contributed by atoms with E-state index in [9.17, 15) is 13.2 Å². The van der Waals surface area contributed by atoms with Crippen LogP contribution in [-0.2, 0) is 0 Å². The van der Waals surface area contributed by atoms with E-state index in [1.165, 1.54) is 24.6 Å². The quantitative estimate of drug-likeness (QED) is 0.642. The molecule has 4 rings (SSSR count). The van der Waals surface area contributed by atoms with Gasteiger partial charge in [0, 0.05) is 11.6 Å². The van der Waals surface area contributed by atoms with Crippen molar-refractivity contribution < 1.29 is 22.6 Å². The van der Waals surface area contributed by atoms with Gasteiger partial charge in [-0.15, -0.1) is 18.3 Å². The van der Waals surface area contributed by atoms with Gasteiger partial charge < -0.3 is 9.47 Å². The van der Waals surface area contributed by atoms with Crippen molar-refractivity contribution in [3.05, 3.63) is 42.6 Å². The van der Waals surface area contributed by atoms with E-state index in [1.54, 1.807) is 28.9 Å². The Morgan fingerprint density at radius 2 is 1.85 bits per heavy atom. The molecule has 0 unspecified atom stereocenters. The second-order valence-corrected chi connectivity index (χ2v) is 6.54. The van der Waals surface area contributed by atoms with Crippen LogP contribution in [0.5, 0.6) is 11.6 Å². The van der Waals surface area contributed by atoms with Crippen LogP contribution in [0.3, 0.4) is 0 Å². The largest absolute Gasteiger partial charge is 0.573 e. The Labute approximate surface area is 153 Å². The van der Waals surface area contributed by atoms with E-state index in [0.717, 1.165) is 25.7 Å². The zero-order chi connectivity index (χ0) is 18.9. The van der Waals surface area contributed by atoms with Crippen LogP contribution in [0, 0.1) is 0 Å². The third-order valence-electron chi connectivity index (χ3n) is 4.54. The monoisotopic (exact) mass is 377 g/mol. The minimum atomic E-state index is -4.74. The molecule has 0 bridgehead atoms. The van der Waals surface area contributed by atoms with E-state index < -0.39 is 6.36 Å². The maximum Gasteiger partial charge on any atom is 0.573 e. The maximum absolute atomic E-state index is 12.5. The standard InChI is InChI=1S/C19H18F3N3O2/c20-19(21,22)27-15-8-4-5-13(11-15)16-12-23-17-9-10-18(24-25(16)17)26-14-6-2-1-3-7-14/h4-5,8-12,14H,1-3,6-7H2. The van der Waals surface area contributed by atoms with Crippen molar-refractivity contribution in [1.29, 1.82) is 0 Å². The Morgan fingerprint density at radius 1 is 1.04 bits per heavy atom. The molecule has 0 spiro atoms. The molecule has 1 fully saturated rings. The molecule has 5 nitrogen and oxygen atoms in total. The molecular weight excluding hydrogens is 359 g/mol. The van der Waals surface area contributed by atoms with E-state index in [4.69, 9.17) is 4.74 Å². The number of aromatic nitrogens is 3. The topological polar surface area (TPSA) is 48.7 Å². The number of nitrogens with zero attached hydrogens (tertiary/aromatic N) is 3. The minimum absolute atomic E-state index is 0.152. The molecule has 0 saturated heterocycles. The molecule has 0 atom stereocenters. The van der Waals surface area contributed by atoms with Gasteiger partial charge in [0.25, 0.3) is 0 Å². The van der Waals surface area contributed by atoms with Crippen molar-refractivity contribution in [2.24, 2.45) is 0 Å². The van der Waals surface area contributed by atoms with Crippen molar-refractivity contribution in [2.75, 3.05) is 0 Å². The summed E-state index contributed by atoms with van der Waals surface area (Å²) in [5, 5.41) is 4.48. The normalized spacial score (nSPS) is 15.8. The lowest BCUT2D eigenvalue weighted by molar-refractivity contribution is -0.274. The summed E-state index contributed by atoms with van der Waals surface area (Å²) in [6, 6.07) is 9.30. The van der Waals surface area contributed by atoms with Gasteiger partial charge in [0.05, 0.1) is 11.9 Å². The molecule has 8 heteroatoms. The first-order chi connectivity index (χ1) is 13.0. The summed E-state index contributed by atoms with van der Waals surface area (Å²) in [6.07, 6.45) is 2.52. The first kappa shape index (κ1) is 17.6. The summed E-state index contributed by atoms with van der Waals surface area (Å²) in [5.41, 5.74) is 1.67. The number of alkyl halides is 3. The van der Waals surface area contributed by atoms with Crippen LogP contribution in [0.25, 0.3) is 16.9 Å². The molecule has 0 N–H and O–H groups in total. The van der Waals surface area contributed by atoms with E-state index in [0.29, 0.717) is 22.8 Å². The Morgan fingerprint density at radius 3 is 2.63 bits per heavy atom. The average Bonchev–Trinajstić information content (AvgIpc) is 3.05. The van der Waals surface area contributed by atoms with Gasteiger partial charge in [-0.05, 0) is 43.9 Å². The molecule has 27 heavy (non-hydrogen) atoms. The smallest absolute Gasteiger partial charge is 0.473 e. The number of hydrogen-bond donors (Lipinski definition) is 0. The predicted molar refractivity (Wildman–Crippen MR) is 92.6 cm³/mol. The second-order valence-electron chi connectivity index (χ2n) is 6.54. The number of hydrogen-bond acceptors (Lipinski definition) is 4. The number of imidazole rings is 1. The predicted octanol–water partition coefficient (Wildman–Crippen LogP) is 5.01. The molecular formula is C19H18F3N3O2. The van der Waals surface area contributed by atoms with Gasteiger partial charge in [0.1, 0.15) is 11.9 Å². The van der Waals surface area contributed by atoms with Gasteiger partial charge in [-0.3, -0.25) is 0 Å². The highest BCUT2D eigenvalue weighted by molar-refractivity contribution is 5.64. The number of halogens is 3. The number of rotatable bonds is 4. The SMILES string of the molecule is FC(F)(F)Oc1cccc(-c2cnc3ccc(OC4CCCCC4)nn23)c1. The number of fused-ring (bicyclic) bond motifs is 1. The Bertz CT molecular complexity index is 933. The van der Waals surface area contributed by atoms with E-state index in [-0.39, 0.29) is 11.9 Å². The van der Waals surface area contributed by atoms with Gasteiger partial charge in [-0.25, -0.2) is 9.50 Å². The molecule has 0 aliphatic heterocycles. The lowest BCUT2D eigenvalue weighted by Crippen LogP contribution is -2.20. The summed E-state index contributed by atoms with van der Waals surface area (Å²) in [6.45, 7) is 0. The average molecular weight is 377 g/mol. The highest BCUT2D eigenvalue weighted by Crippen LogP contribution is 2.29. The zero-order valence-electron chi connectivity index (χ0n) is 14.4. The molecule has 1 aliphatic rings. The Balaban J connectivity index is 1.64. The third-order valence-corrected chi connectivity index (χ3v) is 4.54. The van der Waals surface area contributed by atoms with Crippen molar-refractivity contribution >= 4 is 5.65 Å². The van der Waals surface area contributed by atoms with Gasteiger partial charge in [0.2, 0.25) is 5.88 Å². The van der Waals surface area contributed by atoms with Crippen LogP contribution in [-0.4, -0.2) is 27.1 Å². The van der Waals surface area contributed by atoms with Crippen molar-refractivity contribution in [3.63, 3.8) is 0 Å². The lowest BCUT2D eigenvalue weighted by Gasteiger charge is -2.22. The summed E-state index contributed by atoms with van der Waals surface area (Å²) in [4.78, 5) is 4.27. The summed E-state index contributed by atoms with van der Waals surface area (Å²) < 4.78 is 49.0. The van der Waals surface area contributed by atoms with Crippen molar-refractivity contribution in [3.8, 4) is 22.9 Å². The maximum atomic E-state index is 12.5. The second kappa shape index (κ2) is 7.09. The van der Waals surface area contributed by atoms with E-state index in [2.05, 4.69) is 14.8 Å². The molecule has 142 valence electrons. The molecule has 0 amide bonds. The number of ether oxygens (including phenoxy) is 2. The Hall–Kier alpha value is -2.77. The fourth-order valence-corrected chi connectivity index (χ4v) is 3.32. The fourth-order valence-electron chi connectivity index (χ4n) is 3.32. The highest BCUT2D eigenvalue weighted by Gasteiger charge is 2.31. The third kappa shape index (κ3) is 4.15. The van der Waals surface area contributed by atoms with Gasteiger partial charge >= 0.3 is 6.36 Å². The van der Waals surface area contributed by atoms with Crippen molar-refractivity contribution in [1.82, 2.24) is 14.6 Å². The first-order valence-electron chi connectivity index (χ1n) is 8.85. The molecule has 0 radical (unpaired) electrons. The summed E-state index contributed by atoms with van der Waals surface area (Å²) >= 11 is 0. The van der Waals surface area contributed by atoms with Crippen LogP contribution in [0.4, 0.5) is 13.2 Å². The van der Waals surface area contributed by atoms with E-state index in [1.807, 2.05) is 0 Å².